The van der Waals surface area contributed by atoms with E-state index in [9.17, 15) is 13.9 Å². The first-order valence-electron chi connectivity index (χ1n) is 6.28. The summed E-state index contributed by atoms with van der Waals surface area (Å²) in [4.78, 5) is 0. The lowest BCUT2D eigenvalue weighted by Gasteiger charge is -2.10. The minimum absolute atomic E-state index is 0.149. The molecule has 0 aliphatic heterocycles. The lowest BCUT2D eigenvalue weighted by molar-refractivity contribution is 0.187. The Hall–Kier alpha value is -1.91. The SMILES string of the molecule is Cc1ccc2oc(C(O)c3cc(F)c(Cl)cc3F)cc2c1. The summed E-state index contributed by atoms with van der Waals surface area (Å²) in [6.07, 6.45) is -1.40. The van der Waals surface area contributed by atoms with E-state index in [-0.39, 0.29) is 16.3 Å². The second-order valence-corrected chi connectivity index (χ2v) is 5.29. The summed E-state index contributed by atoms with van der Waals surface area (Å²) < 4.78 is 32.8. The zero-order chi connectivity index (χ0) is 15.1. The summed E-state index contributed by atoms with van der Waals surface area (Å²) in [5.74, 6) is -1.43. The largest absolute Gasteiger partial charge is 0.458 e. The fraction of sp³-hybridized carbons (Fsp3) is 0.125. The van der Waals surface area contributed by atoms with Crippen LogP contribution in [0.1, 0.15) is 23.0 Å². The maximum atomic E-state index is 13.8. The van der Waals surface area contributed by atoms with Gasteiger partial charge in [-0.1, -0.05) is 23.2 Å². The summed E-state index contributed by atoms with van der Waals surface area (Å²) in [6, 6.07) is 8.83. The van der Waals surface area contributed by atoms with Crippen molar-refractivity contribution in [3.63, 3.8) is 0 Å². The summed E-state index contributed by atoms with van der Waals surface area (Å²) in [6.45, 7) is 1.93. The van der Waals surface area contributed by atoms with E-state index in [1.54, 1.807) is 12.1 Å². The van der Waals surface area contributed by atoms with Gasteiger partial charge in [-0.2, -0.15) is 0 Å². The molecule has 0 amide bonds. The van der Waals surface area contributed by atoms with Crippen LogP contribution < -0.4 is 0 Å². The van der Waals surface area contributed by atoms with Gasteiger partial charge in [0.05, 0.1) is 5.02 Å². The van der Waals surface area contributed by atoms with Gasteiger partial charge in [-0.15, -0.1) is 0 Å². The van der Waals surface area contributed by atoms with Gasteiger partial charge in [-0.3, -0.25) is 0 Å². The minimum atomic E-state index is -1.40. The molecule has 1 heterocycles. The number of rotatable bonds is 2. The first-order chi connectivity index (χ1) is 9.95. The Balaban J connectivity index is 2.07. The van der Waals surface area contributed by atoms with Crippen molar-refractivity contribution in [1.82, 2.24) is 0 Å². The van der Waals surface area contributed by atoms with Crippen LogP contribution in [-0.2, 0) is 0 Å². The second kappa shape index (κ2) is 5.13. The van der Waals surface area contributed by atoms with Crippen molar-refractivity contribution in [2.24, 2.45) is 0 Å². The Bertz CT molecular complexity index is 827. The van der Waals surface area contributed by atoms with Crippen molar-refractivity contribution < 1.29 is 18.3 Å². The third kappa shape index (κ3) is 2.52. The standard InChI is InChI=1S/C16H11ClF2O2/c1-8-2-3-14-9(4-8)5-15(21-14)16(20)10-6-13(19)11(17)7-12(10)18/h2-7,16,20H,1H3. The molecule has 1 unspecified atom stereocenters. The van der Waals surface area contributed by atoms with Gasteiger partial charge in [0.15, 0.2) is 0 Å². The Morgan fingerprint density at radius 1 is 1.10 bits per heavy atom. The molecular formula is C16H11ClF2O2. The van der Waals surface area contributed by atoms with E-state index in [2.05, 4.69) is 0 Å². The molecule has 0 bridgehead atoms. The third-order valence-electron chi connectivity index (χ3n) is 3.29. The van der Waals surface area contributed by atoms with Crippen LogP contribution in [-0.4, -0.2) is 5.11 Å². The van der Waals surface area contributed by atoms with Crippen molar-refractivity contribution in [2.75, 3.05) is 0 Å². The van der Waals surface area contributed by atoms with Gasteiger partial charge in [-0.05, 0) is 37.3 Å². The number of fused-ring (bicyclic) bond motifs is 1. The number of halogens is 3. The highest BCUT2D eigenvalue weighted by atomic mass is 35.5. The maximum absolute atomic E-state index is 13.8. The molecular weight excluding hydrogens is 298 g/mol. The Morgan fingerprint density at radius 3 is 2.62 bits per heavy atom. The zero-order valence-corrected chi connectivity index (χ0v) is 11.8. The third-order valence-corrected chi connectivity index (χ3v) is 3.58. The highest BCUT2D eigenvalue weighted by Gasteiger charge is 2.21. The van der Waals surface area contributed by atoms with Gasteiger partial charge >= 0.3 is 0 Å². The smallest absolute Gasteiger partial charge is 0.142 e. The molecule has 0 radical (unpaired) electrons. The van der Waals surface area contributed by atoms with Crippen LogP contribution >= 0.6 is 11.6 Å². The van der Waals surface area contributed by atoms with E-state index < -0.39 is 17.7 Å². The average Bonchev–Trinajstić information content (AvgIpc) is 2.85. The molecule has 3 rings (SSSR count). The van der Waals surface area contributed by atoms with Crippen LogP contribution in [0.5, 0.6) is 0 Å². The van der Waals surface area contributed by atoms with E-state index in [0.29, 0.717) is 5.58 Å². The van der Waals surface area contributed by atoms with Crippen molar-refractivity contribution in [2.45, 2.75) is 13.0 Å². The number of aliphatic hydroxyl groups is 1. The summed E-state index contributed by atoms with van der Waals surface area (Å²) in [5, 5.41) is 10.7. The fourth-order valence-corrected chi connectivity index (χ4v) is 2.37. The molecule has 0 saturated carbocycles. The Morgan fingerprint density at radius 2 is 1.86 bits per heavy atom. The van der Waals surface area contributed by atoms with Crippen LogP contribution in [0.3, 0.4) is 0 Å². The molecule has 21 heavy (non-hydrogen) atoms. The van der Waals surface area contributed by atoms with E-state index in [4.69, 9.17) is 16.0 Å². The maximum Gasteiger partial charge on any atom is 0.142 e. The molecule has 2 aromatic carbocycles. The van der Waals surface area contributed by atoms with Gasteiger partial charge in [0, 0.05) is 10.9 Å². The minimum Gasteiger partial charge on any atom is -0.458 e. The van der Waals surface area contributed by atoms with Crippen LogP contribution in [0.4, 0.5) is 8.78 Å². The first-order valence-corrected chi connectivity index (χ1v) is 6.66. The van der Waals surface area contributed by atoms with Crippen LogP contribution in [0.25, 0.3) is 11.0 Å². The van der Waals surface area contributed by atoms with Crippen molar-refractivity contribution in [3.8, 4) is 0 Å². The molecule has 5 heteroatoms. The normalized spacial score (nSPS) is 12.8. The van der Waals surface area contributed by atoms with Crippen molar-refractivity contribution in [1.29, 1.82) is 0 Å². The molecule has 1 aromatic heterocycles. The van der Waals surface area contributed by atoms with Gasteiger partial charge < -0.3 is 9.52 Å². The molecule has 0 fully saturated rings. The number of furan rings is 1. The Kier molecular flexibility index (Phi) is 3.43. The molecule has 0 spiro atoms. The fourth-order valence-electron chi connectivity index (χ4n) is 2.22. The summed E-state index contributed by atoms with van der Waals surface area (Å²) >= 11 is 5.50. The lowest BCUT2D eigenvalue weighted by atomic mass is 10.1. The van der Waals surface area contributed by atoms with E-state index in [1.165, 1.54) is 0 Å². The molecule has 0 saturated heterocycles. The van der Waals surface area contributed by atoms with Crippen molar-refractivity contribution in [3.05, 3.63) is 69.9 Å². The van der Waals surface area contributed by atoms with Crippen LogP contribution in [0, 0.1) is 18.6 Å². The predicted molar refractivity (Wildman–Crippen MR) is 76.4 cm³/mol. The topological polar surface area (TPSA) is 33.4 Å². The monoisotopic (exact) mass is 308 g/mol. The highest BCUT2D eigenvalue weighted by molar-refractivity contribution is 6.30. The molecule has 3 aromatic rings. The quantitative estimate of drug-likeness (QED) is 0.693. The first kappa shape index (κ1) is 14.0. The van der Waals surface area contributed by atoms with Gasteiger partial charge in [-0.25, -0.2) is 8.78 Å². The summed E-state index contributed by atoms with van der Waals surface area (Å²) in [5.41, 5.74) is 1.39. The predicted octanol–water partition coefficient (Wildman–Crippen LogP) is 4.75. The Labute approximate surface area is 124 Å². The molecule has 0 aliphatic carbocycles. The molecule has 1 N–H and O–H groups in total. The van der Waals surface area contributed by atoms with Crippen LogP contribution in [0.15, 0.2) is 40.8 Å². The van der Waals surface area contributed by atoms with Crippen molar-refractivity contribution >= 4 is 22.6 Å². The van der Waals surface area contributed by atoms with Crippen LogP contribution in [0.2, 0.25) is 5.02 Å². The highest BCUT2D eigenvalue weighted by Crippen LogP contribution is 2.31. The van der Waals surface area contributed by atoms with Gasteiger partial charge in [0.25, 0.3) is 0 Å². The molecule has 2 nitrogen and oxygen atoms in total. The average molecular weight is 309 g/mol. The number of aliphatic hydroxyl groups excluding tert-OH is 1. The number of benzene rings is 2. The number of hydrogen-bond donors (Lipinski definition) is 1. The van der Waals surface area contributed by atoms with E-state index >= 15 is 0 Å². The number of aryl methyl sites for hydroxylation is 1. The molecule has 1 atom stereocenters. The second-order valence-electron chi connectivity index (χ2n) is 4.88. The van der Waals surface area contributed by atoms with Gasteiger partial charge in [0.1, 0.15) is 29.1 Å². The number of hydrogen-bond acceptors (Lipinski definition) is 2. The lowest BCUT2D eigenvalue weighted by Crippen LogP contribution is -2.02. The molecule has 108 valence electrons. The zero-order valence-electron chi connectivity index (χ0n) is 11.0. The van der Waals surface area contributed by atoms with E-state index in [1.807, 2.05) is 19.1 Å². The van der Waals surface area contributed by atoms with Gasteiger partial charge in [0.2, 0.25) is 0 Å². The molecule has 0 aliphatic rings. The summed E-state index contributed by atoms with van der Waals surface area (Å²) in [7, 11) is 0. The van der Waals surface area contributed by atoms with E-state index in [0.717, 1.165) is 23.1 Å².